The summed E-state index contributed by atoms with van der Waals surface area (Å²) in [7, 11) is 1.62. The van der Waals surface area contributed by atoms with E-state index in [1.807, 2.05) is 55.5 Å². The topological polar surface area (TPSA) is 76.1 Å². The van der Waals surface area contributed by atoms with Crippen molar-refractivity contribution >= 4 is 23.2 Å². The average molecular weight is 362 g/mol. The molecule has 2 aromatic carbocycles. The van der Waals surface area contributed by atoms with Gasteiger partial charge in [-0.25, -0.2) is 0 Å². The van der Waals surface area contributed by atoms with Crippen molar-refractivity contribution in [2.75, 3.05) is 17.7 Å². The number of benzene rings is 2. The van der Waals surface area contributed by atoms with Crippen molar-refractivity contribution in [2.24, 2.45) is 0 Å². The minimum atomic E-state index is -0.0887. The molecule has 138 valence electrons. The van der Waals surface area contributed by atoms with Crippen LogP contribution in [0.3, 0.4) is 0 Å². The second-order valence-corrected chi connectivity index (χ2v) is 6.17. The van der Waals surface area contributed by atoms with Crippen molar-refractivity contribution in [3.63, 3.8) is 0 Å². The molecule has 3 rings (SSSR count). The Hall–Kier alpha value is -3.41. The van der Waals surface area contributed by atoms with Crippen LogP contribution >= 0.6 is 0 Å². The van der Waals surface area contributed by atoms with Gasteiger partial charge in [0.15, 0.2) is 11.6 Å². The Morgan fingerprint density at radius 2 is 1.74 bits per heavy atom. The number of hydrogen-bond acceptors (Lipinski definition) is 5. The fourth-order valence-electron chi connectivity index (χ4n) is 2.63. The summed E-state index contributed by atoms with van der Waals surface area (Å²) < 4.78 is 5.34. The van der Waals surface area contributed by atoms with Crippen LogP contribution in [0.2, 0.25) is 0 Å². The number of methoxy groups -OCH3 is 1. The lowest BCUT2D eigenvalue weighted by Crippen LogP contribution is -2.14. The highest BCUT2D eigenvalue weighted by atomic mass is 16.5. The van der Waals surface area contributed by atoms with Gasteiger partial charge in [0.25, 0.3) is 0 Å². The van der Waals surface area contributed by atoms with Gasteiger partial charge < -0.3 is 15.4 Å². The highest BCUT2D eigenvalue weighted by Gasteiger charge is 2.07. The number of ether oxygens (including phenoxy) is 1. The number of aromatic nitrogens is 2. The summed E-state index contributed by atoms with van der Waals surface area (Å²) >= 11 is 0. The van der Waals surface area contributed by atoms with Gasteiger partial charge in [-0.1, -0.05) is 36.4 Å². The van der Waals surface area contributed by atoms with E-state index >= 15 is 0 Å². The second-order valence-electron chi connectivity index (χ2n) is 6.17. The first-order valence-corrected chi connectivity index (χ1v) is 8.73. The molecule has 1 aromatic heterocycles. The highest BCUT2D eigenvalue weighted by molar-refractivity contribution is 5.89. The second kappa shape index (κ2) is 8.80. The molecule has 0 radical (unpaired) electrons. The summed E-state index contributed by atoms with van der Waals surface area (Å²) in [5.41, 5.74) is 3.05. The predicted octanol–water partition coefficient (Wildman–Crippen LogP) is 4.11. The summed E-state index contributed by atoms with van der Waals surface area (Å²) in [4.78, 5) is 12.1. The fraction of sp³-hybridized carbons (Fsp3) is 0.190. The molecule has 2 N–H and O–H groups in total. The normalized spacial score (nSPS) is 10.3. The predicted molar refractivity (Wildman–Crippen MR) is 106 cm³/mol. The Bertz CT molecular complexity index is 896. The minimum absolute atomic E-state index is 0.0887. The van der Waals surface area contributed by atoms with Gasteiger partial charge in [0.05, 0.1) is 12.8 Å². The zero-order valence-corrected chi connectivity index (χ0v) is 15.4. The van der Waals surface area contributed by atoms with Crippen molar-refractivity contribution in [1.82, 2.24) is 10.2 Å². The van der Waals surface area contributed by atoms with E-state index in [4.69, 9.17) is 4.74 Å². The third-order valence-corrected chi connectivity index (χ3v) is 4.03. The van der Waals surface area contributed by atoms with Gasteiger partial charge in [-0.15, -0.1) is 10.2 Å². The number of aryl methyl sites for hydroxylation is 2. The smallest absolute Gasteiger partial charge is 0.225 e. The van der Waals surface area contributed by atoms with Crippen molar-refractivity contribution in [3.05, 3.63) is 71.8 Å². The minimum Gasteiger partial charge on any atom is -0.495 e. The van der Waals surface area contributed by atoms with E-state index < -0.39 is 0 Å². The molecular formula is C21H22N4O2. The van der Waals surface area contributed by atoms with Gasteiger partial charge >= 0.3 is 0 Å². The van der Waals surface area contributed by atoms with Crippen LogP contribution < -0.4 is 15.4 Å². The lowest BCUT2D eigenvalue weighted by Gasteiger charge is -2.11. The van der Waals surface area contributed by atoms with Crippen LogP contribution in [0.25, 0.3) is 0 Å². The third-order valence-electron chi connectivity index (χ3n) is 4.03. The molecule has 0 atom stereocenters. The zero-order chi connectivity index (χ0) is 19.1. The molecule has 0 aliphatic heterocycles. The van der Waals surface area contributed by atoms with E-state index in [0.29, 0.717) is 24.5 Å². The first kappa shape index (κ1) is 18.4. The van der Waals surface area contributed by atoms with Crippen LogP contribution in [0.5, 0.6) is 5.75 Å². The highest BCUT2D eigenvalue weighted by Crippen LogP contribution is 2.27. The number of anilines is 3. The third kappa shape index (κ3) is 5.28. The molecule has 0 saturated carbocycles. The lowest BCUT2D eigenvalue weighted by molar-refractivity contribution is -0.116. The Labute approximate surface area is 158 Å². The Morgan fingerprint density at radius 1 is 1.00 bits per heavy atom. The van der Waals surface area contributed by atoms with Gasteiger partial charge in [-0.05, 0) is 48.7 Å². The average Bonchev–Trinajstić information content (AvgIpc) is 2.69. The SMILES string of the molecule is COc1ccc(C)cc1Nc1ccc(NC(=O)CCc2ccccc2)nn1. The summed E-state index contributed by atoms with van der Waals surface area (Å²) in [6, 6.07) is 19.2. The van der Waals surface area contributed by atoms with Crippen LogP contribution in [0.4, 0.5) is 17.3 Å². The molecule has 0 spiro atoms. The number of hydrogen-bond donors (Lipinski definition) is 2. The maximum absolute atomic E-state index is 12.1. The summed E-state index contributed by atoms with van der Waals surface area (Å²) in [6.07, 6.45) is 1.08. The van der Waals surface area contributed by atoms with Gasteiger partial charge in [-0.2, -0.15) is 0 Å². The molecule has 0 saturated heterocycles. The van der Waals surface area contributed by atoms with Crippen LogP contribution in [0, 0.1) is 6.92 Å². The number of rotatable bonds is 7. The van der Waals surface area contributed by atoms with Gasteiger partial charge in [-0.3, -0.25) is 4.79 Å². The molecule has 1 amide bonds. The van der Waals surface area contributed by atoms with Gasteiger partial charge in [0.2, 0.25) is 5.91 Å². The number of nitrogens with one attached hydrogen (secondary N) is 2. The van der Waals surface area contributed by atoms with Crippen molar-refractivity contribution in [1.29, 1.82) is 0 Å². The van der Waals surface area contributed by atoms with E-state index in [0.717, 1.165) is 22.6 Å². The molecule has 3 aromatic rings. The maximum atomic E-state index is 12.1. The number of nitrogens with zero attached hydrogens (tertiary/aromatic N) is 2. The number of carbonyl (C=O) groups is 1. The maximum Gasteiger partial charge on any atom is 0.225 e. The van der Waals surface area contributed by atoms with E-state index in [1.54, 1.807) is 19.2 Å². The molecule has 1 heterocycles. The first-order chi connectivity index (χ1) is 13.1. The summed E-state index contributed by atoms with van der Waals surface area (Å²) in [5, 5.41) is 14.1. The van der Waals surface area contributed by atoms with Gasteiger partial charge in [0.1, 0.15) is 5.75 Å². The Morgan fingerprint density at radius 3 is 2.44 bits per heavy atom. The van der Waals surface area contributed by atoms with Crippen molar-refractivity contribution in [2.45, 2.75) is 19.8 Å². The van der Waals surface area contributed by atoms with Crippen LogP contribution in [-0.2, 0) is 11.2 Å². The quantitative estimate of drug-likeness (QED) is 0.661. The molecule has 0 bridgehead atoms. The van der Waals surface area contributed by atoms with Crippen LogP contribution in [0.15, 0.2) is 60.7 Å². The van der Waals surface area contributed by atoms with Crippen molar-refractivity contribution in [3.8, 4) is 5.75 Å². The Kier molecular flexibility index (Phi) is 5.99. The monoisotopic (exact) mass is 362 g/mol. The lowest BCUT2D eigenvalue weighted by atomic mass is 10.1. The fourth-order valence-corrected chi connectivity index (χ4v) is 2.63. The molecular weight excluding hydrogens is 340 g/mol. The first-order valence-electron chi connectivity index (χ1n) is 8.73. The van der Waals surface area contributed by atoms with E-state index in [-0.39, 0.29) is 5.91 Å². The molecule has 0 unspecified atom stereocenters. The summed E-state index contributed by atoms with van der Waals surface area (Å²) in [5.74, 6) is 1.63. The van der Waals surface area contributed by atoms with Crippen LogP contribution in [-0.4, -0.2) is 23.2 Å². The molecule has 27 heavy (non-hydrogen) atoms. The molecule has 0 aliphatic rings. The molecule has 6 heteroatoms. The standard InChI is InChI=1S/C21H22N4O2/c1-15-8-10-18(27-2)17(14-15)22-19-11-12-20(25-24-19)23-21(26)13-9-16-6-4-3-5-7-16/h3-8,10-12,14H,9,13H2,1-2H3,(H,22,24)(H,23,25,26). The summed E-state index contributed by atoms with van der Waals surface area (Å²) in [6.45, 7) is 2.00. The molecule has 0 fully saturated rings. The van der Waals surface area contributed by atoms with E-state index in [9.17, 15) is 4.79 Å². The van der Waals surface area contributed by atoms with E-state index in [1.165, 1.54) is 0 Å². The zero-order valence-electron chi connectivity index (χ0n) is 15.4. The van der Waals surface area contributed by atoms with Crippen LogP contribution in [0.1, 0.15) is 17.5 Å². The van der Waals surface area contributed by atoms with Gasteiger partial charge in [0, 0.05) is 6.42 Å². The molecule has 6 nitrogen and oxygen atoms in total. The number of carbonyl (C=O) groups excluding carboxylic acids is 1. The Balaban J connectivity index is 1.57. The van der Waals surface area contributed by atoms with E-state index in [2.05, 4.69) is 20.8 Å². The number of amides is 1. The largest absolute Gasteiger partial charge is 0.495 e. The molecule has 0 aliphatic carbocycles. The van der Waals surface area contributed by atoms with Crippen molar-refractivity contribution < 1.29 is 9.53 Å².